The summed E-state index contributed by atoms with van der Waals surface area (Å²) in [6, 6.07) is 14.0. The van der Waals surface area contributed by atoms with Crippen LogP contribution in [-0.2, 0) is 14.8 Å². The number of carbonyl (C=O) groups excluding carboxylic acids is 1. The monoisotopic (exact) mass is 533 g/mol. The highest BCUT2D eigenvalue weighted by molar-refractivity contribution is 7.92. The van der Waals surface area contributed by atoms with Crippen molar-refractivity contribution in [2.24, 2.45) is 0 Å². The van der Waals surface area contributed by atoms with E-state index in [0.29, 0.717) is 10.7 Å². The van der Waals surface area contributed by atoms with E-state index in [4.69, 9.17) is 33.3 Å². The molecule has 0 bridgehead atoms. The van der Waals surface area contributed by atoms with Crippen LogP contribution in [-0.4, -0.2) is 43.6 Å². The largest absolute Gasteiger partial charge is 0.481 e. The number of ether oxygens (including phenoxy) is 2. The Morgan fingerprint density at radius 3 is 2.34 bits per heavy atom. The number of hydrogen-bond donors (Lipinski definition) is 3. The summed E-state index contributed by atoms with van der Waals surface area (Å²) < 4.78 is 37.7. The van der Waals surface area contributed by atoms with Gasteiger partial charge in [0.15, 0.2) is 10.9 Å². The van der Waals surface area contributed by atoms with Gasteiger partial charge in [0.2, 0.25) is 11.8 Å². The van der Waals surface area contributed by atoms with E-state index in [1.807, 2.05) is 0 Å². The van der Waals surface area contributed by atoms with Gasteiger partial charge in [0.1, 0.15) is 0 Å². The van der Waals surface area contributed by atoms with Gasteiger partial charge in [-0.3, -0.25) is 14.8 Å². The van der Waals surface area contributed by atoms with E-state index in [-0.39, 0.29) is 27.7 Å². The average molecular weight is 534 g/mol. The van der Waals surface area contributed by atoms with Crippen LogP contribution in [0.5, 0.6) is 11.9 Å². The zero-order valence-electron chi connectivity index (χ0n) is 18.5. The topological polar surface area (TPSA) is 132 Å². The fourth-order valence-corrected chi connectivity index (χ4v) is 3.96. The van der Waals surface area contributed by atoms with Gasteiger partial charge < -0.3 is 14.8 Å². The smallest absolute Gasteiger partial charge is 0.321 e. The van der Waals surface area contributed by atoms with Crippen molar-refractivity contribution in [2.45, 2.75) is 4.90 Å². The van der Waals surface area contributed by atoms with E-state index < -0.39 is 15.9 Å². The van der Waals surface area contributed by atoms with E-state index in [0.717, 1.165) is 5.56 Å². The van der Waals surface area contributed by atoms with Gasteiger partial charge in [-0.25, -0.2) is 8.42 Å². The molecule has 3 N–H and O–H groups in total. The van der Waals surface area contributed by atoms with Crippen molar-refractivity contribution in [3.63, 3.8) is 0 Å². The van der Waals surface area contributed by atoms with E-state index in [1.165, 1.54) is 50.6 Å². The van der Waals surface area contributed by atoms with E-state index in [2.05, 4.69) is 25.3 Å². The maximum atomic E-state index is 12.7. The van der Waals surface area contributed by atoms with Crippen molar-refractivity contribution in [3.05, 3.63) is 71.3 Å². The van der Waals surface area contributed by atoms with Gasteiger partial charge in [-0.15, -0.1) is 0 Å². The number of carbonyl (C=O) groups is 1. The van der Waals surface area contributed by atoms with Gasteiger partial charge >= 0.3 is 6.01 Å². The van der Waals surface area contributed by atoms with Crippen LogP contribution in [0.25, 0.3) is 6.08 Å². The molecular formula is C22H20ClN5O5S2. The van der Waals surface area contributed by atoms with Crippen molar-refractivity contribution in [3.8, 4) is 11.9 Å². The summed E-state index contributed by atoms with van der Waals surface area (Å²) in [4.78, 5) is 19.9. The van der Waals surface area contributed by atoms with Crippen LogP contribution >= 0.6 is 23.8 Å². The summed E-state index contributed by atoms with van der Waals surface area (Å²) in [5.41, 5.74) is 1.27. The number of sulfonamides is 1. The van der Waals surface area contributed by atoms with Gasteiger partial charge in [-0.1, -0.05) is 23.7 Å². The number of aromatic nitrogens is 2. The SMILES string of the molecule is COc1cc(NS(=O)(=O)c2ccc(NC(=S)NC(=O)/C=C/c3ccc(Cl)cc3)cc2)nc(OC)n1. The number of benzene rings is 2. The molecule has 0 aliphatic heterocycles. The molecule has 0 aliphatic rings. The summed E-state index contributed by atoms with van der Waals surface area (Å²) in [5.74, 6) is -0.323. The first-order chi connectivity index (χ1) is 16.7. The molecule has 0 atom stereocenters. The van der Waals surface area contributed by atoms with Gasteiger partial charge in [0.05, 0.1) is 19.1 Å². The Bertz CT molecular complexity index is 1330. The molecule has 0 fully saturated rings. The van der Waals surface area contributed by atoms with Gasteiger partial charge in [-0.05, 0) is 60.3 Å². The second-order valence-electron chi connectivity index (χ2n) is 6.74. The number of nitrogens with one attached hydrogen (secondary N) is 3. The number of anilines is 2. The summed E-state index contributed by atoms with van der Waals surface area (Å²) in [6.07, 6.45) is 2.94. The highest BCUT2D eigenvalue weighted by Crippen LogP contribution is 2.21. The van der Waals surface area contributed by atoms with E-state index in [1.54, 1.807) is 30.3 Å². The number of rotatable bonds is 8. The van der Waals surface area contributed by atoms with Crippen LogP contribution in [0.1, 0.15) is 5.56 Å². The maximum absolute atomic E-state index is 12.7. The molecule has 10 nitrogen and oxygen atoms in total. The minimum absolute atomic E-state index is 0.0218. The summed E-state index contributed by atoms with van der Waals surface area (Å²) in [5, 5.41) is 5.97. The van der Waals surface area contributed by atoms with Crippen LogP contribution in [0.4, 0.5) is 11.5 Å². The third-order valence-electron chi connectivity index (χ3n) is 4.27. The van der Waals surface area contributed by atoms with Crippen LogP contribution < -0.4 is 24.8 Å². The third-order valence-corrected chi connectivity index (χ3v) is 6.10. The molecule has 35 heavy (non-hydrogen) atoms. The lowest BCUT2D eigenvalue weighted by Gasteiger charge is -2.11. The van der Waals surface area contributed by atoms with Crippen LogP contribution in [0.3, 0.4) is 0 Å². The van der Waals surface area contributed by atoms with Crippen molar-refractivity contribution >= 4 is 62.4 Å². The Morgan fingerprint density at radius 2 is 1.71 bits per heavy atom. The molecule has 182 valence electrons. The van der Waals surface area contributed by atoms with Crippen molar-refractivity contribution in [2.75, 3.05) is 24.3 Å². The molecule has 0 spiro atoms. The van der Waals surface area contributed by atoms with Crippen molar-refractivity contribution < 1.29 is 22.7 Å². The lowest BCUT2D eigenvalue weighted by atomic mass is 10.2. The number of halogens is 1. The third kappa shape index (κ3) is 7.64. The van der Waals surface area contributed by atoms with Crippen LogP contribution in [0, 0.1) is 0 Å². The predicted molar refractivity (Wildman–Crippen MR) is 137 cm³/mol. The lowest BCUT2D eigenvalue weighted by Crippen LogP contribution is -2.32. The first kappa shape index (κ1) is 25.9. The summed E-state index contributed by atoms with van der Waals surface area (Å²) >= 11 is 11.0. The number of hydrogen-bond acceptors (Lipinski definition) is 8. The average Bonchev–Trinajstić information content (AvgIpc) is 2.83. The molecule has 1 aromatic heterocycles. The first-order valence-electron chi connectivity index (χ1n) is 9.84. The second-order valence-corrected chi connectivity index (χ2v) is 9.27. The lowest BCUT2D eigenvalue weighted by molar-refractivity contribution is -0.115. The van der Waals surface area contributed by atoms with Crippen LogP contribution in [0.2, 0.25) is 5.02 Å². The molecule has 0 saturated carbocycles. The molecule has 1 heterocycles. The Kier molecular flexibility index (Phi) is 8.58. The number of thiocarbonyl (C=S) groups is 1. The standard InChI is InChI=1S/C22H20ClN5O5S2/c1-32-20-13-18(25-21(27-20)33-2)28-35(30,31)17-10-8-16(9-11-17)24-22(34)26-19(29)12-5-14-3-6-15(23)7-4-14/h3-13H,1-2H3,(H,25,27,28)(H2,24,26,29,34)/b12-5+. The first-order valence-corrected chi connectivity index (χ1v) is 12.1. The molecule has 0 radical (unpaired) electrons. The Hall–Kier alpha value is -3.74. The molecule has 3 aromatic rings. The van der Waals surface area contributed by atoms with Crippen molar-refractivity contribution in [1.29, 1.82) is 0 Å². The minimum atomic E-state index is -3.96. The quantitative estimate of drug-likeness (QED) is 0.294. The summed E-state index contributed by atoms with van der Waals surface area (Å²) in [7, 11) is -1.23. The number of nitrogens with zero attached hydrogens (tertiary/aromatic N) is 2. The molecule has 1 amide bonds. The van der Waals surface area contributed by atoms with Gasteiger partial charge in [-0.2, -0.15) is 9.97 Å². The number of amides is 1. The van der Waals surface area contributed by atoms with Crippen LogP contribution in [0.15, 0.2) is 65.6 Å². The zero-order valence-corrected chi connectivity index (χ0v) is 20.9. The number of methoxy groups -OCH3 is 2. The fourth-order valence-electron chi connectivity index (χ4n) is 2.63. The molecule has 0 unspecified atom stereocenters. The van der Waals surface area contributed by atoms with E-state index in [9.17, 15) is 13.2 Å². The second kappa shape index (κ2) is 11.6. The fraction of sp³-hybridized carbons (Fsp3) is 0.0909. The van der Waals surface area contributed by atoms with Gasteiger partial charge in [0, 0.05) is 22.9 Å². The van der Waals surface area contributed by atoms with E-state index >= 15 is 0 Å². The molecule has 2 aromatic carbocycles. The normalized spacial score (nSPS) is 11.1. The molecular weight excluding hydrogens is 514 g/mol. The Morgan fingerprint density at radius 1 is 1.03 bits per heavy atom. The molecule has 0 aliphatic carbocycles. The Labute approximate surface area is 212 Å². The molecule has 3 rings (SSSR count). The molecule has 0 saturated heterocycles. The highest BCUT2D eigenvalue weighted by atomic mass is 35.5. The molecule has 13 heteroatoms. The predicted octanol–water partition coefficient (Wildman–Crippen LogP) is 3.47. The zero-order chi connectivity index (χ0) is 25.4. The van der Waals surface area contributed by atoms with Gasteiger partial charge in [0.25, 0.3) is 10.0 Å². The highest BCUT2D eigenvalue weighted by Gasteiger charge is 2.17. The minimum Gasteiger partial charge on any atom is -0.481 e. The van der Waals surface area contributed by atoms with Crippen molar-refractivity contribution in [1.82, 2.24) is 15.3 Å². The maximum Gasteiger partial charge on any atom is 0.321 e. The Balaban J connectivity index is 1.60. The summed E-state index contributed by atoms with van der Waals surface area (Å²) in [6.45, 7) is 0.